The average molecular weight is 336 g/mol. The van der Waals surface area contributed by atoms with Gasteiger partial charge in [0.05, 0.1) is 7.11 Å². The van der Waals surface area contributed by atoms with Gasteiger partial charge in [0.15, 0.2) is 0 Å². The van der Waals surface area contributed by atoms with Crippen LogP contribution in [0.3, 0.4) is 0 Å². The smallest absolute Gasteiger partial charge is 0.119 e. The van der Waals surface area contributed by atoms with Gasteiger partial charge in [0.2, 0.25) is 0 Å². The molecule has 3 heteroatoms. The summed E-state index contributed by atoms with van der Waals surface area (Å²) in [6, 6.07) is 15.4. The van der Waals surface area contributed by atoms with Crippen molar-refractivity contribution < 1.29 is 4.74 Å². The van der Waals surface area contributed by atoms with Gasteiger partial charge in [0, 0.05) is 13.1 Å². The maximum absolute atomic E-state index is 5.58. The summed E-state index contributed by atoms with van der Waals surface area (Å²) < 4.78 is 5.58. The molecule has 25 heavy (non-hydrogen) atoms. The summed E-state index contributed by atoms with van der Waals surface area (Å²) in [5, 5.41) is 3.55. The largest absolute Gasteiger partial charge is 0.497 e. The van der Waals surface area contributed by atoms with E-state index >= 15 is 0 Å². The fraction of sp³-hybridized carbons (Fsp3) is 0.455. The zero-order valence-corrected chi connectivity index (χ0v) is 15.1. The maximum Gasteiger partial charge on any atom is 0.119 e. The number of hydrogen-bond acceptors (Lipinski definition) is 3. The molecule has 0 atom stereocenters. The molecule has 0 aliphatic carbocycles. The van der Waals surface area contributed by atoms with Crippen LogP contribution in [-0.2, 0) is 19.5 Å². The predicted molar refractivity (Wildman–Crippen MR) is 102 cm³/mol. The number of nitrogens with zero attached hydrogens (tertiary/aromatic N) is 1. The number of nitrogens with one attached hydrogen (secondary N) is 1. The van der Waals surface area contributed by atoms with Crippen LogP contribution in [0, 0.1) is 0 Å². The van der Waals surface area contributed by atoms with Crippen molar-refractivity contribution in [1.29, 1.82) is 0 Å². The minimum Gasteiger partial charge on any atom is -0.497 e. The third kappa shape index (κ3) is 3.73. The van der Waals surface area contributed by atoms with E-state index in [1.54, 1.807) is 7.11 Å². The highest BCUT2D eigenvalue weighted by Crippen LogP contribution is 2.36. The van der Waals surface area contributed by atoms with E-state index in [1.165, 1.54) is 48.2 Å². The molecular weight excluding hydrogens is 308 g/mol. The molecule has 4 rings (SSSR count). The Balaban J connectivity index is 1.47. The van der Waals surface area contributed by atoms with E-state index in [0.29, 0.717) is 5.92 Å². The van der Waals surface area contributed by atoms with E-state index in [1.807, 2.05) is 0 Å². The van der Waals surface area contributed by atoms with Gasteiger partial charge in [0.1, 0.15) is 5.75 Å². The van der Waals surface area contributed by atoms with Gasteiger partial charge in [-0.15, -0.1) is 0 Å². The maximum atomic E-state index is 5.58. The van der Waals surface area contributed by atoms with E-state index in [2.05, 4.69) is 52.7 Å². The van der Waals surface area contributed by atoms with Crippen LogP contribution in [0.4, 0.5) is 0 Å². The molecule has 1 N–H and O–H groups in total. The zero-order chi connectivity index (χ0) is 17.1. The lowest BCUT2D eigenvalue weighted by atomic mass is 9.83. The van der Waals surface area contributed by atoms with Crippen molar-refractivity contribution in [3.8, 4) is 5.75 Å². The van der Waals surface area contributed by atoms with Crippen molar-refractivity contribution in [2.24, 2.45) is 0 Å². The second kappa shape index (κ2) is 7.59. The van der Waals surface area contributed by atoms with Crippen LogP contribution in [0.5, 0.6) is 5.75 Å². The molecule has 0 bridgehead atoms. The standard InChI is InChI=1S/C22H28N2O/c1-25-20-13-19-7-10-23-15-22(19)21(14-20)18-8-11-24(12-9-18)16-17-5-3-2-4-6-17/h2-6,13-14,18,23H,7-12,15-16H2,1H3. The molecule has 0 radical (unpaired) electrons. The molecule has 0 saturated carbocycles. The van der Waals surface area contributed by atoms with Crippen LogP contribution in [0.2, 0.25) is 0 Å². The Morgan fingerprint density at radius 1 is 1.12 bits per heavy atom. The molecule has 2 aromatic rings. The van der Waals surface area contributed by atoms with Crippen molar-refractivity contribution in [1.82, 2.24) is 10.2 Å². The molecule has 0 unspecified atom stereocenters. The van der Waals surface area contributed by atoms with E-state index in [9.17, 15) is 0 Å². The molecule has 2 aromatic carbocycles. The average Bonchev–Trinajstić information content (AvgIpc) is 2.68. The molecule has 0 aromatic heterocycles. The van der Waals surface area contributed by atoms with Crippen molar-refractivity contribution >= 4 is 0 Å². The summed E-state index contributed by atoms with van der Waals surface area (Å²) in [6.45, 7) is 5.53. The van der Waals surface area contributed by atoms with E-state index in [4.69, 9.17) is 4.74 Å². The summed E-state index contributed by atoms with van der Waals surface area (Å²) in [5.41, 5.74) is 5.97. The van der Waals surface area contributed by atoms with Crippen molar-refractivity contribution in [2.75, 3.05) is 26.7 Å². The van der Waals surface area contributed by atoms with Gasteiger partial charge < -0.3 is 10.1 Å². The number of fused-ring (bicyclic) bond motifs is 1. The van der Waals surface area contributed by atoms with Crippen LogP contribution in [0.1, 0.15) is 41.0 Å². The fourth-order valence-corrected chi connectivity index (χ4v) is 4.33. The summed E-state index contributed by atoms with van der Waals surface area (Å²) in [4.78, 5) is 2.59. The number of hydrogen-bond donors (Lipinski definition) is 1. The Hall–Kier alpha value is -1.84. The lowest BCUT2D eigenvalue weighted by molar-refractivity contribution is 0.204. The van der Waals surface area contributed by atoms with Gasteiger partial charge >= 0.3 is 0 Å². The number of benzene rings is 2. The Morgan fingerprint density at radius 2 is 1.92 bits per heavy atom. The van der Waals surface area contributed by atoms with E-state index in [-0.39, 0.29) is 0 Å². The van der Waals surface area contributed by atoms with Gasteiger partial charge in [-0.1, -0.05) is 30.3 Å². The second-order valence-electron chi connectivity index (χ2n) is 7.32. The number of rotatable bonds is 4. The monoisotopic (exact) mass is 336 g/mol. The topological polar surface area (TPSA) is 24.5 Å². The number of ether oxygens (including phenoxy) is 1. The van der Waals surface area contributed by atoms with Crippen molar-refractivity contribution in [2.45, 2.75) is 38.3 Å². The third-order valence-corrected chi connectivity index (χ3v) is 5.74. The van der Waals surface area contributed by atoms with Gasteiger partial charge in [0.25, 0.3) is 0 Å². The highest BCUT2D eigenvalue weighted by molar-refractivity contribution is 5.45. The SMILES string of the molecule is COc1cc2c(c(C3CCN(Cc4ccccc4)CC3)c1)CNCC2. The first-order chi connectivity index (χ1) is 12.3. The summed E-state index contributed by atoms with van der Waals surface area (Å²) in [6.07, 6.45) is 3.60. The molecule has 0 amide bonds. The van der Waals surface area contributed by atoms with Gasteiger partial charge in [-0.25, -0.2) is 0 Å². The molecule has 2 aliphatic heterocycles. The van der Waals surface area contributed by atoms with Crippen molar-refractivity contribution in [3.05, 3.63) is 64.7 Å². The Morgan fingerprint density at radius 3 is 2.68 bits per heavy atom. The first-order valence-electron chi connectivity index (χ1n) is 9.50. The first-order valence-corrected chi connectivity index (χ1v) is 9.50. The quantitative estimate of drug-likeness (QED) is 0.921. The van der Waals surface area contributed by atoms with Crippen LogP contribution in [-0.4, -0.2) is 31.6 Å². The van der Waals surface area contributed by atoms with E-state index < -0.39 is 0 Å². The molecule has 2 aliphatic rings. The van der Waals surface area contributed by atoms with Crippen LogP contribution >= 0.6 is 0 Å². The van der Waals surface area contributed by atoms with Gasteiger partial charge in [-0.3, -0.25) is 4.90 Å². The molecule has 132 valence electrons. The molecule has 3 nitrogen and oxygen atoms in total. The Labute approximate surface area is 151 Å². The number of likely N-dealkylation sites (tertiary alicyclic amines) is 1. The van der Waals surface area contributed by atoms with Crippen LogP contribution in [0.15, 0.2) is 42.5 Å². The minimum atomic E-state index is 0.663. The Bertz CT molecular complexity index is 705. The van der Waals surface area contributed by atoms with Crippen LogP contribution < -0.4 is 10.1 Å². The zero-order valence-electron chi connectivity index (χ0n) is 15.1. The fourth-order valence-electron chi connectivity index (χ4n) is 4.33. The third-order valence-electron chi connectivity index (χ3n) is 5.74. The second-order valence-corrected chi connectivity index (χ2v) is 7.32. The lowest BCUT2D eigenvalue weighted by Gasteiger charge is -2.34. The lowest BCUT2D eigenvalue weighted by Crippen LogP contribution is -2.33. The molecular formula is C22H28N2O. The summed E-state index contributed by atoms with van der Waals surface area (Å²) >= 11 is 0. The van der Waals surface area contributed by atoms with E-state index in [0.717, 1.165) is 31.8 Å². The molecule has 2 heterocycles. The highest BCUT2D eigenvalue weighted by Gasteiger charge is 2.25. The summed E-state index contributed by atoms with van der Waals surface area (Å²) in [7, 11) is 1.79. The predicted octanol–water partition coefficient (Wildman–Crippen LogP) is 3.72. The normalized spacial score (nSPS) is 18.8. The number of piperidine rings is 1. The van der Waals surface area contributed by atoms with Gasteiger partial charge in [-0.05, 0) is 79.2 Å². The molecule has 0 spiro atoms. The number of methoxy groups -OCH3 is 1. The highest BCUT2D eigenvalue weighted by atomic mass is 16.5. The molecule has 1 saturated heterocycles. The Kier molecular flexibility index (Phi) is 5.04. The molecule has 1 fully saturated rings. The summed E-state index contributed by atoms with van der Waals surface area (Å²) in [5.74, 6) is 1.69. The van der Waals surface area contributed by atoms with Gasteiger partial charge in [-0.2, -0.15) is 0 Å². The minimum absolute atomic E-state index is 0.663. The van der Waals surface area contributed by atoms with Crippen LogP contribution in [0.25, 0.3) is 0 Å². The first kappa shape index (κ1) is 16.6. The van der Waals surface area contributed by atoms with Crippen molar-refractivity contribution in [3.63, 3.8) is 0 Å².